The number of amides is 1. The molecule has 1 unspecified atom stereocenters. The number of nitrogens with zero attached hydrogens (tertiary/aromatic N) is 3. The number of carbonyl (C=O) groups is 1. The van der Waals surface area contributed by atoms with Gasteiger partial charge in [0.1, 0.15) is 25.3 Å². The van der Waals surface area contributed by atoms with Crippen LogP contribution in [-0.4, -0.2) is 54.2 Å². The molecule has 1 saturated heterocycles. The number of quaternary nitrogens is 1. The molecule has 1 aliphatic heterocycles. The molecule has 3 atom stereocenters. The number of ether oxygens (including phenoxy) is 1. The number of rotatable bonds is 7. The first-order valence-corrected chi connectivity index (χ1v) is 10.4. The molecule has 1 aromatic heterocycles. The Morgan fingerprint density at radius 2 is 2.03 bits per heavy atom. The number of hydrogen-bond acceptors (Lipinski definition) is 6. The lowest BCUT2D eigenvalue weighted by atomic mass is 10.1. The van der Waals surface area contributed by atoms with Crippen LogP contribution in [0.3, 0.4) is 0 Å². The first kappa shape index (κ1) is 21.1. The lowest BCUT2D eigenvalue weighted by Crippen LogP contribution is -3.16. The van der Waals surface area contributed by atoms with Crippen LogP contribution in [0.4, 0.5) is 10.8 Å². The predicted molar refractivity (Wildman–Crippen MR) is 112 cm³/mol. The quantitative estimate of drug-likeness (QED) is 0.422. The summed E-state index contributed by atoms with van der Waals surface area (Å²) in [6, 6.07) is 6.23. The number of carbonyl (C=O) groups excluding carboxylic acids is 1. The van der Waals surface area contributed by atoms with Gasteiger partial charge < -0.3 is 9.64 Å². The van der Waals surface area contributed by atoms with Gasteiger partial charge in [0.15, 0.2) is 11.7 Å². The van der Waals surface area contributed by atoms with E-state index < -0.39 is 4.92 Å². The van der Waals surface area contributed by atoms with Crippen LogP contribution in [0.25, 0.3) is 11.3 Å². The maximum absolute atomic E-state index is 13.0. The van der Waals surface area contributed by atoms with E-state index in [1.807, 2.05) is 19.2 Å². The van der Waals surface area contributed by atoms with Crippen molar-refractivity contribution in [1.29, 1.82) is 0 Å². The Morgan fingerprint density at radius 1 is 1.38 bits per heavy atom. The lowest BCUT2D eigenvalue weighted by molar-refractivity contribution is -0.907. The number of nitro benzene ring substituents is 1. The van der Waals surface area contributed by atoms with Gasteiger partial charge in [-0.2, -0.15) is 0 Å². The van der Waals surface area contributed by atoms with Gasteiger partial charge in [-0.15, -0.1) is 17.9 Å². The van der Waals surface area contributed by atoms with Gasteiger partial charge in [-0.05, 0) is 26.0 Å². The molecule has 2 aromatic rings. The zero-order valence-electron chi connectivity index (χ0n) is 16.5. The van der Waals surface area contributed by atoms with Gasteiger partial charge in [0.25, 0.3) is 11.6 Å². The Balaban J connectivity index is 1.74. The summed E-state index contributed by atoms with van der Waals surface area (Å²) in [7, 11) is 0. The van der Waals surface area contributed by atoms with Crippen molar-refractivity contribution < 1.29 is 19.4 Å². The smallest absolute Gasteiger partial charge is 0.284 e. The number of benzene rings is 1. The van der Waals surface area contributed by atoms with Crippen molar-refractivity contribution in [1.82, 2.24) is 4.98 Å². The van der Waals surface area contributed by atoms with E-state index in [9.17, 15) is 14.9 Å². The van der Waals surface area contributed by atoms with E-state index >= 15 is 0 Å². The second-order valence-corrected chi connectivity index (χ2v) is 8.04. The van der Waals surface area contributed by atoms with E-state index in [0.717, 1.165) is 18.7 Å². The van der Waals surface area contributed by atoms with Crippen molar-refractivity contribution in [3.8, 4) is 11.3 Å². The lowest BCUT2D eigenvalue weighted by Gasteiger charge is -2.32. The number of nitro groups is 1. The predicted octanol–water partition coefficient (Wildman–Crippen LogP) is 1.93. The van der Waals surface area contributed by atoms with Crippen molar-refractivity contribution in [2.45, 2.75) is 26.1 Å². The van der Waals surface area contributed by atoms with Crippen molar-refractivity contribution in [3.63, 3.8) is 0 Å². The maximum atomic E-state index is 13.0. The van der Waals surface area contributed by atoms with E-state index in [0.29, 0.717) is 23.9 Å². The molecule has 2 heterocycles. The topological polar surface area (TPSA) is 90.0 Å². The summed E-state index contributed by atoms with van der Waals surface area (Å²) in [5.41, 5.74) is 1.48. The normalized spacial score (nSPS) is 21.5. The monoisotopic (exact) mass is 417 g/mol. The summed E-state index contributed by atoms with van der Waals surface area (Å²) < 4.78 is 5.75. The molecule has 9 heteroatoms. The average molecular weight is 418 g/mol. The highest BCUT2D eigenvalue weighted by Gasteiger charge is 2.29. The summed E-state index contributed by atoms with van der Waals surface area (Å²) in [4.78, 5) is 30.8. The van der Waals surface area contributed by atoms with Crippen LogP contribution in [0, 0.1) is 10.1 Å². The van der Waals surface area contributed by atoms with Crippen molar-refractivity contribution in [3.05, 3.63) is 52.4 Å². The SMILES string of the molecule is C=CCN(C(=O)C[NH+]1C[C@@H](C)O[C@@H](C)C1)c1nc(-c2ccc([N+](=O)[O-])cc2)cs1. The second-order valence-electron chi connectivity index (χ2n) is 7.20. The molecule has 1 aromatic carbocycles. The Kier molecular flexibility index (Phi) is 6.73. The molecule has 0 radical (unpaired) electrons. The van der Waals surface area contributed by atoms with Crippen LogP contribution in [0.15, 0.2) is 42.3 Å². The Morgan fingerprint density at radius 3 is 2.62 bits per heavy atom. The van der Waals surface area contributed by atoms with Crippen molar-refractivity contribution in [2.24, 2.45) is 0 Å². The van der Waals surface area contributed by atoms with Crippen LogP contribution in [0.2, 0.25) is 0 Å². The fourth-order valence-electron chi connectivity index (χ4n) is 3.53. The molecular formula is C20H25N4O4S+. The number of hydrogen-bond donors (Lipinski definition) is 1. The maximum Gasteiger partial charge on any atom is 0.284 e. The highest BCUT2D eigenvalue weighted by Crippen LogP contribution is 2.28. The molecule has 154 valence electrons. The van der Waals surface area contributed by atoms with Crippen LogP contribution in [0.1, 0.15) is 13.8 Å². The van der Waals surface area contributed by atoms with Gasteiger partial charge in [-0.3, -0.25) is 19.8 Å². The third-order valence-electron chi connectivity index (χ3n) is 4.73. The van der Waals surface area contributed by atoms with E-state index in [-0.39, 0.29) is 23.8 Å². The number of anilines is 1. The van der Waals surface area contributed by atoms with Crippen LogP contribution in [0.5, 0.6) is 0 Å². The molecule has 0 bridgehead atoms. The third-order valence-corrected chi connectivity index (χ3v) is 5.59. The summed E-state index contributed by atoms with van der Waals surface area (Å²) in [5.74, 6) is -0.00852. The minimum atomic E-state index is -0.434. The molecular weight excluding hydrogens is 392 g/mol. The molecule has 1 amide bonds. The fraction of sp³-hybridized carbons (Fsp3) is 0.400. The summed E-state index contributed by atoms with van der Waals surface area (Å²) in [6.07, 6.45) is 1.94. The second kappa shape index (κ2) is 9.25. The van der Waals surface area contributed by atoms with Gasteiger partial charge in [-0.25, -0.2) is 4.98 Å². The van der Waals surface area contributed by atoms with Crippen molar-refractivity contribution >= 4 is 28.1 Å². The van der Waals surface area contributed by atoms with Gasteiger partial charge in [0.2, 0.25) is 0 Å². The van der Waals surface area contributed by atoms with Gasteiger partial charge in [0.05, 0.1) is 10.6 Å². The molecule has 0 spiro atoms. The van der Waals surface area contributed by atoms with E-state index in [2.05, 4.69) is 11.6 Å². The molecule has 0 aliphatic carbocycles. The van der Waals surface area contributed by atoms with Gasteiger partial charge >= 0.3 is 0 Å². The minimum absolute atomic E-state index is 0.00852. The van der Waals surface area contributed by atoms with E-state index in [4.69, 9.17) is 4.74 Å². The van der Waals surface area contributed by atoms with Gasteiger partial charge in [0, 0.05) is 29.6 Å². The molecule has 1 aliphatic rings. The standard InChI is InChI=1S/C20H24N4O4S/c1-4-9-23(19(25)12-22-10-14(2)28-15(3)11-22)20-21-18(13-29-20)16-5-7-17(8-6-16)24(26)27/h4-8,13-15H,1,9-12H2,2-3H3/p+1/t14-,15+. The van der Waals surface area contributed by atoms with E-state index in [1.165, 1.54) is 28.4 Å². The molecule has 8 nitrogen and oxygen atoms in total. The van der Waals surface area contributed by atoms with Crippen LogP contribution in [-0.2, 0) is 9.53 Å². The minimum Gasteiger partial charge on any atom is -0.364 e. The summed E-state index contributed by atoms with van der Waals surface area (Å²) >= 11 is 1.37. The van der Waals surface area contributed by atoms with Crippen LogP contribution < -0.4 is 9.80 Å². The summed E-state index contributed by atoms with van der Waals surface area (Å²) in [6.45, 7) is 10.2. The largest absolute Gasteiger partial charge is 0.364 e. The first-order chi connectivity index (χ1) is 13.9. The highest BCUT2D eigenvalue weighted by atomic mass is 32.1. The molecule has 0 saturated carbocycles. The number of non-ortho nitro benzene ring substituents is 1. The number of aromatic nitrogens is 1. The number of thiazole rings is 1. The Bertz CT molecular complexity index is 873. The van der Waals surface area contributed by atoms with E-state index in [1.54, 1.807) is 23.1 Å². The fourth-order valence-corrected chi connectivity index (χ4v) is 4.39. The highest BCUT2D eigenvalue weighted by molar-refractivity contribution is 7.14. The van der Waals surface area contributed by atoms with Gasteiger partial charge in [-0.1, -0.05) is 6.08 Å². The molecule has 1 N–H and O–H groups in total. The third kappa shape index (κ3) is 5.26. The molecule has 3 rings (SSSR count). The first-order valence-electron chi connectivity index (χ1n) is 9.48. The number of nitrogens with one attached hydrogen (secondary N) is 1. The zero-order valence-corrected chi connectivity index (χ0v) is 17.4. The van der Waals surface area contributed by atoms with Crippen molar-refractivity contribution in [2.75, 3.05) is 31.1 Å². The van der Waals surface area contributed by atoms with Crippen LogP contribution >= 0.6 is 11.3 Å². The molecule has 29 heavy (non-hydrogen) atoms. The Labute approximate surface area is 173 Å². The number of morpholine rings is 1. The molecule has 1 fully saturated rings. The summed E-state index contributed by atoms with van der Waals surface area (Å²) in [5, 5.41) is 13.3. The Hall–Kier alpha value is -2.62. The average Bonchev–Trinajstić information content (AvgIpc) is 3.15. The zero-order chi connectivity index (χ0) is 21.0.